The number of anilines is 4. The molecule has 192 valence electrons. The molecular weight excluding hydrogens is 486 g/mol. The van der Waals surface area contributed by atoms with E-state index in [4.69, 9.17) is 0 Å². The number of nitrogens with zero attached hydrogens (tertiary/aromatic N) is 3. The summed E-state index contributed by atoms with van der Waals surface area (Å²) in [6.07, 6.45) is 4.26. The zero-order valence-electron chi connectivity index (χ0n) is 22.6. The molecule has 0 spiro atoms. The van der Waals surface area contributed by atoms with Crippen molar-refractivity contribution in [1.29, 1.82) is 5.26 Å². The molecule has 3 heteroatoms. The van der Waals surface area contributed by atoms with Gasteiger partial charge in [-0.15, -0.1) is 0 Å². The predicted molar refractivity (Wildman–Crippen MR) is 171 cm³/mol. The first kappa shape index (κ1) is 25.0. The maximum absolute atomic E-state index is 9.83. The summed E-state index contributed by atoms with van der Waals surface area (Å²) < 4.78 is 0. The van der Waals surface area contributed by atoms with Crippen LogP contribution in [0, 0.1) is 11.3 Å². The van der Waals surface area contributed by atoms with Crippen LogP contribution in [-0.4, -0.2) is 14.1 Å². The van der Waals surface area contributed by atoms with Crippen LogP contribution in [0.1, 0.15) is 16.7 Å². The lowest BCUT2D eigenvalue weighted by atomic mass is 9.96. The van der Waals surface area contributed by atoms with E-state index in [9.17, 15) is 5.26 Å². The molecule has 0 amide bonds. The maximum Gasteiger partial charge on any atom is 0.100 e. The van der Waals surface area contributed by atoms with Crippen molar-refractivity contribution in [2.75, 3.05) is 23.9 Å². The van der Waals surface area contributed by atoms with Gasteiger partial charge in [-0.05, 0) is 82.6 Å². The molecule has 40 heavy (non-hydrogen) atoms. The van der Waals surface area contributed by atoms with Gasteiger partial charge in [0, 0.05) is 47.6 Å². The molecule has 0 bridgehead atoms. The molecule has 0 aliphatic carbocycles. The first-order chi connectivity index (χ1) is 19.6. The average Bonchev–Trinajstić information content (AvgIpc) is 3.00. The third-order valence-electron chi connectivity index (χ3n) is 7.26. The number of fused-ring (bicyclic) bond motifs is 2. The van der Waals surface area contributed by atoms with Gasteiger partial charge < -0.3 is 9.80 Å². The van der Waals surface area contributed by atoms with E-state index in [-0.39, 0.29) is 0 Å². The van der Waals surface area contributed by atoms with Crippen molar-refractivity contribution in [2.24, 2.45) is 0 Å². The number of hydrogen-bond donors (Lipinski definition) is 0. The molecule has 6 aromatic rings. The largest absolute Gasteiger partial charge is 0.378 e. The lowest BCUT2D eigenvalue weighted by molar-refractivity contribution is 1.13. The highest BCUT2D eigenvalue weighted by atomic mass is 15.1. The summed E-state index contributed by atoms with van der Waals surface area (Å²) >= 11 is 0. The standard InChI is InChI=1S/C37H29N3/c1-39(2)31-19-21-34(22-20-31)40(32-9-4-3-5-10-32)33-17-14-27(15-18-33)12-13-28-16-23-36-30(24-28)25-29-8-6-7-11-35(29)37(36)26-38/h3-25H,1-2H3/b13-12+. The fraction of sp³-hybridized carbons (Fsp3) is 0.0541. The Morgan fingerprint density at radius 1 is 0.525 bits per heavy atom. The Morgan fingerprint density at radius 2 is 1.07 bits per heavy atom. The van der Waals surface area contributed by atoms with Crippen LogP contribution in [0.3, 0.4) is 0 Å². The topological polar surface area (TPSA) is 30.3 Å². The summed E-state index contributed by atoms with van der Waals surface area (Å²) in [4.78, 5) is 4.38. The number of rotatable bonds is 6. The van der Waals surface area contributed by atoms with Gasteiger partial charge >= 0.3 is 0 Å². The Kier molecular flexibility index (Phi) is 6.75. The van der Waals surface area contributed by atoms with E-state index >= 15 is 0 Å². The molecule has 0 aromatic heterocycles. The number of nitriles is 1. The van der Waals surface area contributed by atoms with E-state index in [1.165, 1.54) is 5.69 Å². The Bertz CT molecular complexity index is 1860. The monoisotopic (exact) mass is 515 g/mol. The third-order valence-corrected chi connectivity index (χ3v) is 7.26. The molecule has 3 nitrogen and oxygen atoms in total. The van der Waals surface area contributed by atoms with Crippen LogP contribution in [0.2, 0.25) is 0 Å². The van der Waals surface area contributed by atoms with Crippen molar-refractivity contribution in [3.63, 3.8) is 0 Å². The van der Waals surface area contributed by atoms with Crippen LogP contribution < -0.4 is 9.80 Å². The summed E-state index contributed by atoms with van der Waals surface area (Å²) in [6, 6.07) is 46.7. The van der Waals surface area contributed by atoms with Crippen molar-refractivity contribution in [1.82, 2.24) is 0 Å². The van der Waals surface area contributed by atoms with Gasteiger partial charge in [-0.1, -0.05) is 78.9 Å². The lowest BCUT2D eigenvalue weighted by Crippen LogP contribution is -2.11. The van der Waals surface area contributed by atoms with E-state index in [0.717, 1.165) is 55.3 Å². The van der Waals surface area contributed by atoms with Crippen molar-refractivity contribution in [3.05, 3.63) is 144 Å². The summed E-state index contributed by atoms with van der Waals surface area (Å²) in [7, 11) is 4.11. The number of hydrogen-bond acceptors (Lipinski definition) is 3. The quantitative estimate of drug-likeness (QED) is 0.163. The average molecular weight is 516 g/mol. The Balaban J connectivity index is 1.30. The molecular formula is C37H29N3. The van der Waals surface area contributed by atoms with E-state index in [2.05, 4.69) is 145 Å². The normalized spacial score (nSPS) is 11.1. The Hall–Kier alpha value is -5.33. The summed E-state index contributed by atoms with van der Waals surface area (Å²) in [5.41, 5.74) is 7.45. The van der Waals surface area contributed by atoms with Crippen molar-refractivity contribution >= 4 is 56.4 Å². The van der Waals surface area contributed by atoms with Gasteiger partial charge in [-0.3, -0.25) is 0 Å². The van der Waals surface area contributed by atoms with Gasteiger partial charge in [0.15, 0.2) is 0 Å². The van der Waals surface area contributed by atoms with Crippen molar-refractivity contribution < 1.29 is 0 Å². The summed E-state index contributed by atoms with van der Waals surface area (Å²) in [5.74, 6) is 0. The minimum absolute atomic E-state index is 0.735. The SMILES string of the molecule is CN(C)c1ccc(N(c2ccccc2)c2ccc(/C=C/c3ccc4c(C#N)c5ccccc5cc4c3)cc2)cc1. The first-order valence-corrected chi connectivity index (χ1v) is 13.4. The highest BCUT2D eigenvalue weighted by molar-refractivity contribution is 6.05. The molecule has 0 atom stereocenters. The second-order valence-electron chi connectivity index (χ2n) is 10.1. The maximum atomic E-state index is 9.83. The van der Waals surface area contributed by atoms with Crippen LogP contribution in [0.25, 0.3) is 33.7 Å². The molecule has 0 heterocycles. The zero-order valence-corrected chi connectivity index (χ0v) is 22.6. The molecule has 6 aromatic carbocycles. The van der Waals surface area contributed by atoms with Crippen LogP contribution in [0.5, 0.6) is 0 Å². The molecule has 0 radical (unpaired) electrons. The van der Waals surface area contributed by atoms with E-state index in [0.29, 0.717) is 0 Å². The molecule has 0 unspecified atom stereocenters. The molecule has 0 saturated carbocycles. The molecule has 0 fully saturated rings. The Labute approximate surface area is 235 Å². The highest BCUT2D eigenvalue weighted by Crippen LogP contribution is 2.35. The van der Waals surface area contributed by atoms with Gasteiger partial charge in [0.1, 0.15) is 6.07 Å². The second-order valence-corrected chi connectivity index (χ2v) is 10.1. The smallest absolute Gasteiger partial charge is 0.100 e. The van der Waals surface area contributed by atoms with Crippen molar-refractivity contribution in [2.45, 2.75) is 0 Å². The predicted octanol–water partition coefficient (Wildman–Crippen LogP) is 9.57. The van der Waals surface area contributed by atoms with Crippen molar-refractivity contribution in [3.8, 4) is 6.07 Å². The Morgan fingerprint density at radius 3 is 1.77 bits per heavy atom. The highest BCUT2D eigenvalue weighted by Gasteiger charge is 2.12. The molecule has 0 aliphatic rings. The van der Waals surface area contributed by atoms with Crippen LogP contribution in [-0.2, 0) is 0 Å². The minimum Gasteiger partial charge on any atom is -0.378 e. The van der Waals surface area contributed by atoms with Gasteiger partial charge in [-0.25, -0.2) is 0 Å². The number of benzene rings is 6. The second kappa shape index (κ2) is 10.8. The third kappa shape index (κ3) is 4.91. The molecule has 0 aliphatic heterocycles. The first-order valence-electron chi connectivity index (χ1n) is 13.4. The summed E-state index contributed by atoms with van der Waals surface area (Å²) in [5, 5.41) is 14.0. The van der Waals surface area contributed by atoms with Gasteiger partial charge in [0.05, 0.1) is 5.56 Å². The summed E-state index contributed by atoms with van der Waals surface area (Å²) in [6.45, 7) is 0. The van der Waals surface area contributed by atoms with Gasteiger partial charge in [-0.2, -0.15) is 5.26 Å². The lowest BCUT2D eigenvalue weighted by Gasteiger charge is -2.26. The number of para-hydroxylation sites is 1. The fourth-order valence-corrected chi connectivity index (χ4v) is 5.17. The molecule has 6 rings (SSSR count). The fourth-order valence-electron chi connectivity index (χ4n) is 5.17. The van der Waals surface area contributed by atoms with Gasteiger partial charge in [0.25, 0.3) is 0 Å². The molecule has 0 N–H and O–H groups in total. The van der Waals surface area contributed by atoms with Crippen LogP contribution >= 0.6 is 0 Å². The minimum atomic E-state index is 0.735. The van der Waals surface area contributed by atoms with E-state index in [1.807, 2.05) is 24.3 Å². The zero-order chi connectivity index (χ0) is 27.5. The van der Waals surface area contributed by atoms with Crippen LogP contribution in [0.4, 0.5) is 22.7 Å². The van der Waals surface area contributed by atoms with E-state index < -0.39 is 0 Å². The molecule has 0 saturated heterocycles. The van der Waals surface area contributed by atoms with Crippen LogP contribution in [0.15, 0.2) is 127 Å². The van der Waals surface area contributed by atoms with Gasteiger partial charge in [0.2, 0.25) is 0 Å². The van der Waals surface area contributed by atoms with E-state index in [1.54, 1.807) is 0 Å².